The molecule has 1 aromatic heterocycles. The molecule has 7 nitrogen and oxygen atoms in total. The minimum absolute atomic E-state index is 0.00682. The number of morpholine rings is 1. The summed E-state index contributed by atoms with van der Waals surface area (Å²) >= 11 is 7.42. The maximum absolute atomic E-state index is 12.4. The number of amides is 1. The summed E-state index contributed by atoms with van der Waals surface area (Å²) in [6.45, 7) is 5.16. The van der Waals surface area contributed by atoms with E-state index in [1.165, 1.54) is 11.8 Å². The van der Waals surface area contributed by atoms with E-state index in [9.17, 15) is 4.79 Å². The number of benzene rings is 2. The Morgan fingerprint density at radius 1 is 1.06 bits per heavy atom. The van der Waals surface area contributed by atoms with Crippen LogP contribution in [0.25, 0.3) is 17.1 Å². The number of rotatable bonds is 9. The number of thioether (sulfide) groups is 1. The van der Waals surface area contributed by atoms with Crippen molar-refractivity contribution >= 4 is 29.3 Å². The van der Waals surface area contributed by atoms with Crippen LogP contribution in [0.5, 0.6) is 0 Å². The van der Waals surface area contributed by atoms with Gasteiger partial charge in [0.15, 0.2) is 11.0 Å². The molecule has 1 fully saturated rings. The Balaban J connectivity index is 1.37. The van der Waals surface area contributed by atoms with Crippen molar-refractivity contribution in [3.8, 4) is 17.1 Å². The highest BCUT2D eigenvalue weighted by atomic mass is 35.5. The van der Waals surface area contributed by atoms with Gasteiger partial charge in [-0.05, 0) is 49.4 Å². The largest absolute Gasteiger partial charge is 0.379 e. The van der Waals surface area contributed by atoms with Gasteiger partial charge in [0, 0.05) is 35.9 Å². The Morgan fingerprint density at radius 3 is 2.56 bits per heavy atom. The van der Waals surface area contributed by atoms with Gasteiger partial charge in [-0.25, -0.2) is 0 Å². The molecular weight excluding hydrogens is 446 g/mol. The first-order chi connectivity index (χ1) is 15.7. The third kappa shape index (κ3) is 6.10. The Morgan fingerprint density at radius 2 is 1.81 bits per heavy atom. The van der Waals surface area contributed by atoms with Crippen molar-refractivity contribution in [2.75, 3.05) is 45.1 Å². The van der Waals surface area contributed by atoms with E-state index in [1.807, 2.05) is 59.2 Å². The molecule has 1 amide bonds. The lowest BCUT2D eigenvalue weighted by Crippen LogP contribution is -2.38. The van der Waals surface area contributed by atoms with Crippen molar-refractivity contribution in [1.29, 1.82) is 0 Å². The number of hydrogen-bond acceptors (Lipinski definition) is 6. The molecule has 0 radical (unpaired) electrons. The standard InChI is InChI=1S/C23H26ClN5O2S/c24-19-9-7-18(8-10-19)22-26-27-23(29(22)20-5-2-1-3-6-20)32-17-21(30)25-11-4-12-28-13-15-31-16-14-28/h1-3,5-10H,4,11-17H2,(H,25,30). The predicted molar refractivity (Wildman–Crippen MR) is 127 cm³/mol. The zero-order valence-electron chi connectivity index (χ0n) is 17.7. The second-order valence-corrected chi connectivity index (χ2v) is 8.81. The van der Waals surface area contributed by atoms with Crippen LogP contribution in [0.4, 0.5) is 0 Å². The van der Waals surface area contributed by atoms with E-state index < -0.39 is 0 Å². The number of halogens is 1. The van der Waals surface area contributed by atoms with Gasteiger partial charge in [-0.1, -0.05) is 41.6 Å². The van der Waals surface area contributed by atoms with Crippen LogP contribution in [0.3, 0.4) is 0 Å². The molecule has 1 saturated heterocycles. The monoisotopic (exact) mass is 471 g/mol. The summed E-state index contributed by atoms with van der Waals surface area (Å²) in [5.41, 5.74) is 1.85. The molecule has 0 bridgehead atoms. The fourth-order valence-electron chi connectivity index (χ4n) is 3.50. The lowest BCUT2D eigenvalue weighted by atomic mass is 10.2. The van der Waals surface area contributed by atoms with Crippen molar-refractivity contribution in [2.45, 2.75) is 11.6 Å². The maximum atomic E-state index is 12.4. The fraction of sp³-hybridized carbons (Fsp3) is 0.348. The molecule has 0 spiro atoms. The number of hydrogen-bond donors (Lipinski definition) is 1. The molecular formula is C23H26ClN5O2S. The first-order valence-electron chi connectivity index (χ1n) is 10.7. The van der Waals surface area contributed by atoms with E-state index in [1.54, 1.807) is 0 Å². The van der Waals surface area contributed by atoms with Crippen molar-refractivity contribution in [2.24, 2.45) is 0 Å². The Bertz CT molecular complexity index is 1010. The van der Waals surface area contributed by atoms with Crippen molar-refractivity contribution in [1.82, 2.24) is 25.0 Å². The first-order valence-corrected chi connectivity index (χ1v) is 12.0. The Hall–Kier alpha value is -2.39. The molecule has 32 heavy (non-hydrogen) atoms. The van der Waals surface area contributed by atoms with Crippen molar-refractivity contribution < 1.29 is 9.53 Å². The summed E-state index contributed by atoms with van der Waals surface area (Å²) in [6.07, 6.45) is 0.928. The van der Waals surface area contributed by atoms with E-state index in [2.05, 4.69) is 20.4 Å². The number of nitrogens with one attached hydrogen (secondary N) is 1. The SMILES string of the molecule is O=C(CSc1nnc(-c2ccc(Cl)cc2)n1-c1ccccc1)NCCCN1CCOCC1. The Kier molecular flexibility index (Phi) is 8.17. The zero-order chi connectivity index (χ0) is 22.2. The molecule has 0 unspecified atom stereocenters. The van der Waals surface area contributed by atoms with Gasteiger partial charge in [0.25, 0.3) is 0 Å². The average Bonchev–Trinajstić information content (AvgIpc) is 3.26. The molecule has 0 atom stereocenters. The van der Waals surface area contributed by atoms with E-state index in [-0.39, 0.29) is 11.7 Å². The molecule has 2 aromatic carbocycles. The zero-order valence-corrected chi connectivity index (χ0v) is 19.3. The summed E-state index contributed by atoms with van der Waals surface area (Å²) < 4.78 is 7.33. The van der Waals surface area contributed by atoms with Crippen LogP contribution in [0.15, 0.2) is 59.8 Å². The third-order valence-corrected chi connectivity index (χ3v) is 6.34. The predicted octanol–water partition coefficient (Wildman–Crippen LogP) is 3.52. The second-order valence-electron chi connectivity index (χ2n) is 7.43. The summed E-state index contributed by atoms with van der Waals surface area (Å²) in [6, 6.07) is 17.4. The van der Waals surface area contributed by atoms with Gasteiger partial charge in [-0.15, -0.1) is 10.2 Å². The van der Waals surface area contributed by atoms with E-state index in [4.69, 9.17) is 16.3 Å². The molecule has 4 rings (SSSR count). The fourth-order valence-corrected chi connectivity index (χ4v) is 4.40. The molecule has 9 heteroatoms. The average molecular weight is 472 g/mol. The summed E-state index contributed by atoms with van der Waals surface area (Å²) in [5, 5.41) is 13.1. The van der Waals surface area contributed by atoms with Crippen LogP contribution in [-0.2, 0) is 9.53 Å². The smallest absolute Gasteiger partial charge is 0.230 e. The van der Waals surface area contributed by atoms with Crippen molar-refractivity contribution in [3.63, 3.8) is 0 Å². The van der Waals surface area contributed by atoms with Gasteiger partial charge in [-0.2, -0.15) is 0 Å². The topological polar surface area (TPSA) is 72.3 Å². The Labute approximate surface area is 197 Å². The van der Waals surface area contributed by atoms with Gasteiger partial charge in [0.2, 0.25) is 5.91 Å². The molecule has 1 aliphatic rings. The lowest BCUT2D eigenvalue weighted by molar-refractivity contribution is -0.118. The van der Waals surface area contributed by atoms with Crippen LogP contribution in [0, 0.1) is 0 Å². The maximum Gasteiger partial charge on any atom is 0.230 e. The molecule has 2 heterocycles. The molecule has 1 N–H and O–H groups in total. The van der Waals surface area contributed by atoms with Crippen molar-refractivity contribution in [3.05, 3.63) is 59.6 Å². The molecule has 168 valence electrons. The number of nitrogens with zero attached hydrogens (tertiary/aromatic N) is 4. The van der Waals surface area contributed by atoms with E-state index in [0.29, 0.717) is 22.5 Å². The molecule has 0 saturated carbocycles. The van der Waals surface area contributed by atoms with Gasteiger partial charge in [0.05, 0.1) is 19.0 Å². The van der Waals surface area contributed by atoms with Crippen LogP contribution >= 0.6 is 23.4 Å². The van der Waals surface area contributed by atoms with E-state index >= 15 is 0 Å². The van der Waals surface area contributed by atoms with E-state index in [0.717, 1.165) is 50.5 Å². The number of carbonyl (C=O) groups excluding carboxylic acids is 1. The first kappa shape index (κ1) is 22.8. The highest BCUT2D eigenvalue weighted by Crippen LogP contribution is 2.28. The lowest BCUT2D eigenvalue weighted by Gasteiger charge is -2.26. The summed E-state index contributed by atoms with van der Waals surface area (Å²) in [7, 11) is 0. The van der Waals surface area contributed by atoms with Gasteiger partial charge >= 0.3 is 0 Å². The normalized spacial score (nSPS) is 14.4. The number of aromatic nitrogens is 3. The highest BCUT2D eigenvalue weighted by molar-refractivity contribution is 7.99. The number of ether oxygens (including phenoxy) is 1. The van der Waals surface area contributed by atoms with Gasteiger partial charge in [0.1, 0.15) is 0 Å². The number of carbonyl (C=O) groups is 1. The van der Waals surface area contributed by atoms with Gasteiger partial charge in [-0.3, -0.25) is 14.3 Å². The van der Waals surface area contributed by atoms with Crippen LogP contribution in [-0.4, -0.2) is 70.7 Å². The van der Waals surface area contributed by atoms with Gasteiger partial charge < -0.3 is 10.1 Å². The van der Waals surface area contributed by atoms with Crippen LogP contribution < -0.4 is 5.32 Å². The summed E-state index contributed by atoms with van der Waals surface area (Å²) in [4.78, 5) is 14.8. The molecule has 3 aromatic rings. The third-order valence-electron chi connectivity index (χ3n) is 5.16. The highest BCUT2D eigenvalue weighted by Gasteiger charge is 2.17. The minimum atomic E-state index is -0.00682. The van der Waals surface area contributed by atoms with Crippen LogP contribution in [0.1, 0.15) is 6.42 Å². The number of para-hydroxylation sites is 1. The second kappa shape index (κ2) is 11.5. The minimum Gasteiger partial charge on any atom is -0.379 e. The quantitative estimate of drug-likeness (QED) is 0.380. The molecule has 0 aliphatic carbocycles. The van der Waals surface area contributed by atoms with Crippen LogP contribution in [0.2, 0.25) is 5.02 Å². The summed E-state index contributed by atoms with van der Waals surface area (Å²) in [5.74, 6) is 0.984. The molecule has 1 aliphatic heterocycles.